The van der Waals surface area contributed by atoms with Gasteiger partial charge in [-0.2, -0.15) is 6.42 Å². The SMILES string of the molecule is C[CH]=[Ru]([Cl])[Cl].Cc1cc(C)c(N2[CH-]CCC2)c(C)c1. The monoisotopic (exact) mass is 388 g/mol. The van der Waals surface area contributed by atoms with Crippen molar-refractivity contribution in [2.45, 2.75) is 40.5 Å². The molecule has 0 bridgehead atoms. The third-order valence-corrected chi connectivity index (χ3v) is 5.61. The molecule has 0 aliphatic carbocycles. The van der Waals surface area contributed by atoms with Crippen molar-refractivity contribution in [3.63, 3.8) is 0 Å². The van der Waals surface area contributed by atoms with E-state index in [0.717, 1.165) is 0 Å². The van der Waals surface area contributed by atoms with E-state index in [9.17, 15) is 0 Å². The molecule has 0 unspecified atom stereocenters. The molecule has 0 N–H and O–H groups in total. The molecule has 19 heavy (non-hydrogen) atoms. The molecule has 1 aromatic carbocycles. The van der Waals surface area contributed by atoms with Gasteiger partial charge >= 0.3 is 44.4 Å². The van der Waals surface area contributed by atoms with E-state index < -0.39 is 13.5 Å². The number of halogens is 2. The summed E-state index contributed by atoms with van der Waals surface area (Å²) in [7, 11) is 10.6. The van der Waals surface area contributed by atoms with Gasteiger partial charge in [0.05, 0.1) is 0 Å². The van der Waals surface area contributed by atoms with Gasteiger partial charge in [-0.15, -0.1) is 0 Å². The third-order valence-electron chi connectivity index (χ3n) is 3.03. The van der Waals surface area contributed by atoms with Crippen LogP contribution < -0.4 is 4.90 Å². The molecule has 1 aliphatic heterocycles. The second-order valence-electron chi connectivity index (χ2n) is 4.67. The quantitative estimate of drug-likeness (QED) is 0.478. The van der Waals surface area contributed by atoms with Crippen molar-refractivity contribution in [3.8, 4) is 0 Å². The molecule has 0 saturated carbocycles. The second-order valence-corrected chi connectivity index (χ2v) is 10.9. The number of nitrogens with zero attached hydrogens (tertiary/aromatic N) is 1. The summed E-state index contributed by atoms with van der Waals surface area (Å²) in [4.78, 5) is 2.41. The second kappa shape index (κ2) is 8.40. The molecule has 0 amide bonds. The zero-order chi connectivity index (χ0) is 14.4. The molecule has 2 rings (SSSR count). The Labute approximate surface area is 130 Å². The Balaban J connectivity index is 0.000000312. The molecule has 0 spiro atoms. The molecular formula is C15H22Cl2NRu-. The topological polar surface area (TPSA) is 3.24 Å². The fourth-order valence-electron chi connectivity index (χ4n) is 2.43. The Kier molecular flexibility index (Phi) is 7.58. The van der Waals surface area contributed by atoms with E-state index in [1.165, 1.54) is 41.8 Å². The summed E-state index contributed by atoms with van der Waals surface area (Å²) in [5.41, 5.74) is 5.59. The first-order valence-electron chi connectivity index (χ1n) is 6.41. The number of hydrogen-bond acceptors (Lipinski definition) is 1. The summed E-state index contributed by atoms with van der Waals surface area (Å²) in [5, 5.41) is 0. The molecule has 0 radical (unpaired) electrons. The van der Waals surface area contributed by atoms with Crippen LogP contribution in [0, 0.1) is 27.3 Å². The van der Waals surface area contributed by atoms with Crippen molar-refractivity contribution in [3.05, 3.63) is 35.4 Å². The van der Waals surface area contributed by atoms with Crippen molar-refractivity contribution in [1.29, 1.82) is 0 Å². The van der Waals surface area contributed by atoms with Gasteiger partial charge in [0.1, 0.15) is 0 Å². The van der Waals surface area contributed by atoms with E-state index in [1.54, 1.807) is 0 Å². The smallest absolute Gasteiger partial charge is 0.0130 e. The Hall–Kier alpha value is 0.0934. The van der Waals surface area contributed by atoms with Crippen LogP contribution in [-0.4, -0.2) is 11.2 Å². The molecule has 1 nitrogen and oxygen atoms in total. The van der Waals surface area contributed by atoms with Crippen molar-refractivity contribution in [2.75, 3.05) is 11.4 Å². The van der Waals surface area contributed by atoms with Crippen molar-refractivity contribution in [2.24, 2.45) is 0 Å². The van der Waals surface area contributed by atoms with Gasteiger partial charge < -0.3 is 4.90 Å². The molecule has 110 valence electrons. The molecule has 0 atom stereocenters. The van der Waals surface area contributed by atoms with E-state index in [4.69, 9.17) is 19.4 Å². The molecule has 1 aromatic rings. The summed E-state index contributed by atoms with van der Waals surface area (Å²) in [5.74, 6) is 0. The van der Waals surface area contributed by atoms with E-state index in [-0.39, 0.29) is 0 Å². The number of anilines is 1. The van der Waals surface area contributed by atoms with Crippen LogP contribution in [0.15, 0.2) is 12.1 Å². The van der Waals surface area contributed by atoms with E-state index in [0.29, 0.717) is 0 Å². The Morgan fingerprint density at radius 2 is 1.74 bits per heavy atom. The van der Waals surface area contributed by atoms with Crippen molar-refractivity contribution >= 4 is 29.7 Å². The van der Waals surface area contributed by atoms with Gasteiger partial charge in [0.2, 0.25) is 0 Å². The third kappa shape index (κ3) is 5.54. The average molecular weight is 388 g/mol. The molecule has 4 heteroatoms. The van der Waals surface area contributed by atoms with Crippen molar-refractivity contribution in [1.82, 2.24) is 0 Å². The van der Waals surface area contributed by atoms with Crippen LogP contribution in [0.3, 0.4) is 0 Å². The zero-order valence-corrected chi connectivity index (χ0v) is 15.2. The minimum Gasteiger partial charge on any atom is -0.522 e. The first kappa shape index (κ1) is 17.1. The Morgan fingerprint density at radius 1 is 1.21 bits per heavy atom. The maximum Gasteiger partial charge on any atom is 0.0130 e. The van der Waals surface area contributed by atoms with Crippen LogP contribution in [0.2, 0.25) is 0 Å². The summed E-state index contributed by atoms with van der Waals surface area (Å²) in [6, 6.07) is 4.54. The molecule has 1 heterocycles. The number of benzene rings is 1. The van der Waals surface area contributed by atoms with Crippen molar-refractivity contribution < 1.29 is 13.5 Å². The number of aryl methyl sites for hydroxylation is 3. The molecule has 1 aliphatic rings. The van der Waals surface area contributed by atoms with Crippen LogP contribution in [-0.2, 0) is 13.5 Å². The minimum absolute atomic E-state index is 1.19. The van der Waals surface area contributed by atoms with Crippen LogP contribution in [0.4, 0.5) is 5.69 Å². The van der Waals surface area contributed by atoms with Crippen LogP contribution in [0.5, 0.6) is 0 Å². The molecule has 0 aromatic heterocycles. The van der Waals surface area contributed by atoms with Gasteiger partial charge in [0.15, 0.2) is 0 Å². The summed E-state index contributed by atoms with van der Waals surface area (Å²) in [6.45, 7) is 12.0. The van der Waals surface area contributed by atoms with Crippen LogP contribution >= 0.6 is 19.4 Å². The predicted molar refractivity (Wildman–Crippen MR) is 85.0 cm³/mol. The predicted octanol–water partition coefficient (Wildman–Crippen LogP) is 5.11. The number of rotatable bonds is 1. The summed E-state index contributed by atoms with van der Waals surface area (Å²) in [6.07, 6.45) is 2.53. The maximum atomic E-state index is 5.32. The van der Waals surface area contributed by atoms with Gasteiger partial charge in [-0.3, -0.25) is 0 Å². The Bertz CT molecular complexity index is 424. The van der Waals surface area contributed by atoms with E-state index in [1.807, 2.05) is 11.5 Å². The van der Waals surface area contributed by atoms with Gasteiger partial charge in [0, 0.05) is 5.69 Å². The number of hydrogen-bond donors (Lipinski definition) is 0. The average Bonchev–Trinajstić information content (AvgIpc) is 2.82. The largest absolute Gasteiger partial charge is 0.522 e. The first-order chi connectivity index (χ1) is 8.95. The van der Waals surface area contributed by atoms with E-state index >= 15 is 0 Å². The maximum absolute atomic E-state index is 5.32. The zero-order valence-electron chi connectivity index (χ0n) is 12.0. The standard InChI is InChI=1S/C13H18N.C2H4.2ClH.Ru/c1-10-8-11(2)13(12(3)9-10)14-6-4-5-7-14;1-2;;;/h6,8-9H,4-5,7H2,1-3H3;1H,2H3;2*1H;/q-1;;;;+2/p-2. The summed E-state index contributed by atoms with van der Waals surface area (Å²) >= 11 is -1.36. The van der Waals surface area contributed by atoms with Crippen LogP contribution in [0.25, 0.3) is 0 Å². The molecular weight excluding hydrogens is 366 g/mol. The van der Waals surface area contributed by atoms with Gasteiger partial charge in [-0.05, 0) is 38.4 Å². The van der Waals surface area contributed by atoms with Gasteiger partial charge in [-0.1, -0.05) is 24.1 Å². The fraction of sp³-hybridized carbons (Fsp3) is 0.467. The van der Waals surface area contributed by atoms with Gasteiger partial charge in [0.25, 0.3) is 0 Å². The van der Waals surface area contributed by atoms with Crippen LogP contribution in [0.1, 0.15) is 36.5 Å². The Morgan fingerprint density at radius 3 is 2.11 bits per heavy atom. The minimum atomic E-state index is -1.36. The first-order valence-corrected chi connectivity index (χ1v) is 11.9. The van der Waals surface area contributed by atoms with E-state index in [2.05, 4.69) is 44.3 Å². The molecule has 1 saturated heterocycles. The fourth-order valence-corrected chi connectivity index (χ4v) is 2.43. The molecule has 1 fully saturated rings. The summed E-state index contributed by atoms with van der Waals surface area (Å²) < 4.78 is 1.84. The van der Waals surface area contributed by atoms with Gasteiger partial charge in [-0.25, -0.2) is 6.54 Å². The normalized spacial score (nSPS) is 14.8.